The molecule has 0 spiro atoms. The highest BCUT2D eigenvalue weighted by atomic mass is 19.1. The number of hydrogen-bond donors (Lipinski definition) is 2. The fraction of sp³-hybridized carbons (Fsp3) is 0.364. The van der Waals surface area contributed by atoms with Crippen molar-refractivity contribution in [1.82, 2.24) is 0 Å². The van der Waals surface area contributed by atoms with Gasteiger partial charge in [0, 0.05) is 26.2 Å². The number of amides is 1. The van der Waals surface area contributed by atoms with E-state index in [2.05, 4.69) is 5.32 Å². The Morgan fingerprint density at radius 3 is 2.76 bits per heavy atom. The van der Waals surface area contributed by atoms with Crippen LogP contribution in [0.15, 0.2) is 12.1 Å². The SMILES string of the molecule is COCCCC(=O)Nc1cc(N)c(F)cc1F. The molecule has 0 aliphatic carbocycles. The lowest BCUT2D eigenvalue weighted by Gasteiger charge is -2.07. The number of carbonyl (C=O) groups is 1. The van der Waals surface area contributed by atoms with E-state index in [0.717, 1.165) is 6.07 Å². The van der Waals surface area contributed by atoms with E-state index in [-0.39, 0.29) is 23.7 Å². The van der Waals surface area contributed by atoms with Crippen LogP contribution in [0.1, 0.15) is 12.8 Å². The number of rotatable bonds is 5. The van der Waals surface area contributed by atoms with Gasteiger partial charge in [-0.2, -0.15) is 0 Å². The van der Waals surface area contributed by atoms with Gasteiger partial charge in [-0.15, -0.1) is 0 Å². The number of anilines is 2. The van der Waals surface area contributed by atoms with Crippen molar-refractivity contribution in [3.05, 3.63) is 23.8 Å². The molecule has 1 aromatic carbocycles. The minimum Gasteiger partial charge on any atom is -0.396 e. The average molecular weight is 244 g/mol. The number of benzene rings is 1. The number of nitrogens with two attached hydrogens (primary N) is 1. The Morgan fingerprint density at radius 2 is 2.12 bits per heavy atom. The molecular formula is C11H14F2N2O2. The molecule has 0 fully saturated rings. The molecule has 0 radical (unpaired) electrons. The second kappa shape index (κ2) is 6.15. The Balaban J connectivity index is 2.62. The first-order chi connectivity index (χ1) is 8.04. The van der Waals surface area contributed by atoms with E-state index in [9.17, 15) is 13.6 Å². The summed E-state index contributed by atoms with van der Waals surface area (Å²) < 4.78 is 30.9. The van der Waals surface area contributed by atoms with Crippen molar-refractivity contribution in [1.29, 1.82) is 0 Å². The maximum atomic E-state index is 13.2. The van der Waals surface area contributed by atoms with Gasteiger partial charge in [0.2, 0.25) is 5.91 Å². The molecule has 1 rings (SSSR count). The second-order valence-electron chi connectivity index (χ2n) is 3.50. The Hall–Kier alpha value is -1.69. The van der Waals surface area contributed by atoms with E-state index in [4.69, 9.17) is 10.5 Å². The van der Waals surface area contributed by atoms with Gasteiger partial charge in [-0.1, -0.05) is 0 Å². The molecule has 17 heavy (non-hydrogen) atoms. The molecule has 1 aromatic rings. The van der Waals surface area contributed by atoms with Crippen LogP contribution in [0.3, 0.4) is 0 Å². The van der Waals surface area contributed by atoms with E-state index in [0.29, 0.717) is 19.1 Å². The molecule has 0 bridgehead atoms. The van der Waals surface area contributed by atoms with Gasteiger partial charge < -0.3 is 15.8 Å². The maximum absolute atomic E-state index is 13.2. The van der Waals surface area contributed by atoms with E-state index >= 15 is 0 Å². The predicted octanol–water partition coefficient (Wildman–Crippen LogP) is 1.91. The lowest BCUT2D eigenvalue weighted by atomic mass is 10.2. The Bertz CT molecular complexity index is 411. The van der Waals surface area contributed by atoms with Crippen LogP contribution in [0, 0.1) is 11.6 Å². The highest BCUT2D eigenvalue weighted by Crippen LogP contribution is 2.21. The second-order valence-corrected chi connectivity index (χ2v) is 3.50. The van der Waals surface area contributed by atoms with Crippen molar-refractivity contribution >= 4 is 17.3 Å². The Labute approximate surface area is 97.8 Å². The molecule has 0 aliphatic rings. The van der Waals surface area contributed by atoms with Crippen molar-refractivity contribution in [3.63, 3.8) is 0 Å². The summed E-state index contributed by atoms with van der Waals surface area (Å²) in [5, 5.41) is 2.32. The molecule has 0 atom stereocenters. The zero-order valence-corrected chi connectivity index (χ0v) is 9.43. The number of hydrogen-bond acceptors (Lipinski definition) is 3. The van der Waals surface area contributed by atoms with Gasteiger partial charge in [0.25, 0.3) is 0 Å². The summed E-state index contributed by atoms with van der Waals surface area (Å²) in [7, 11) is 1.53. The highest BCUT2D eigenvalue weighted by Gasteiger charge is 2.10. The number of methoxy groups -OCH3 is 1. The van der Waals surface area contributed by atoms with E-state index in [1.165, 1.54) is 7.11 Å². The summed E-state index contributed by atoms with van der Waals surface area (Å²) in [4.78, 5) is 11.4. The van der Waals surface area contributed by atoms with Gasteiger partial charge in [-0.3, -0.25) is 4.79 Å². The summed E-state index contributed by atoms with van der Waals surface area (Å²) in [5.41, 5.74) is 4.95. The third kappa shape index (κ3) is 3.99. The standard InChI is InChI=1S/C11H14F2N2O2/c1-17-4-2-3-11(16)15-10-6-9(14)7(12)5-8(10)13/h5-6H,2-4,14H2,1H3,(H,15,16). The summed E-state index contributed by atoms with van der Waals surface area (Å²) in [5.74, 6) is -2.07. The van der Waals surface area contributed by atoms with Gasteiger partial charge in [0.05, 0.1) is 11.4 Å². The third-order valence-electron chi connectivity index (χ3n) is 2.11. The van der Waals surface area contributed by atoms with E-state index in [1.807, 2.05) is 0 Å². The summed E-state index contributed by atoms with van der Waals surface area (Å²) in [6.45, 7) is 0.446. The Kier molecular flexibility index (Phi) is 4.84. The molecule has 0 saturated carbocycles. The third-order valence-corrected chi connectivity index (χ3v) is 2.11. The predicted molar refractivity (Wildman–Crippen MR) is 60.5 cm³/mol. The molecule has 3 N–H and O–H groups in total. The van der Waals surface area contributed by atoms with Crippen molar-refractivity contribution in [2.24, 2.45) is 0 Å². The van der Waals surface area contributed by atoms with E-state index in [1.54, 1.807) is 0 Å². The van der Waals surface area contributed by atoms with Crippen molar-refractivity contribution < 1.29 is 18.3 Å². The molecular weight excluding hydrogens is 230 g/mol. The highest BCUT2D eigenvalue weighted by molar-refractivity contribution is 5.91. The largest absolute Gasteiger partial charge is 0.396 e. The van der Waals surface area contributed by atoms with Gasteiger partial charge in [-0.25, -0.2) is 8.78 Å². The number of ether oxygens (including phenoxy) is 1. The number of halogens is 2. The summed E-state index contributed by atoms with van der Waals surface area (Å²) in [6.07, 6.45) is 0.727. The van der Waals surface area contributed by atoms with Crippen LogP contribution in [0.4, 0.5) is 20.2 Å². The van der Waals surface area contributed by atoms with Crippen LogP contribution in [0.25, 0.3) is 0 Å². The molecule has 0 aliphatic heterocycles. The lowest BCUT2D eigenvalue weighted by molar-refractivity contribution is -0.116. The zero-order valence-electron chi connectivity index (χ0n) is 9.43. The smallest absolute Gasteiger partial charge is 0.224 e. The van der Waals surface area contributed by atoms with Crippen LogP contribution in [-0.4, -0.2) is 19.6 Å². The number of nitrogen functional groups attached to an aromatic ring is 1. The fourth-order valence-electron chi connectivity index (χ4n) is 1.25. The van der Waals surface area contributed by atoms with Gasteiger partial charge >= 0.3 is 0 Å². The average Bonchev–Trinajstić information content (AvgIpc) is 2.26. The minimum absolute atomic E-state index is 0.119. The first-order valence-corrected chi connectivity index (χ1v) is 5.08. The molecule has 0 saturated heterocycles. The topological polar surface area (TPSA) is 64.3 Å². The van der Waals surface area contributed by atoms with Crippen LogP contribution < -0.4 is 11.1 Å². The minimum atomic E-state index is -0.850. The first kappa shape index (κ1) is 13.4. The summed E-state index contributed by atoms with van der Waals surface area (Å²) in [6, 6.07) is 1.69. The lowest BCUT2D eigenvalue weighted by Crippen LogP contribution is -2.13. The van der Waals surface area contributed by atoms with Crippen LogP contribution in [-0.2, 0) is 9.53 Å². The molecule has 6 heteroatoms. The molecule has 94 valence electrons. The zero-order chi connectivity index (χ0) is 12.8. The number of carbonyl (C=O) groups excluding carboxylic acids is 1. The maximum Gasteiger partial charge on any atom is 0.224 e. The van der Waals surface area contributed by atoms with Crippen molar-refractivity contribution in [3.8, 4) is 0 Å². The van der Waals surface area contributed by atoms with Crippen LogP contribution in [0.5, 0.6) is 0 Å². The molecule has 4 nitrogen and oxygen atoms in total. The normalized spacial score (nSPS) is 10.3. The van der Waals surface area contributed by atoms with Crippen molar-refractivity contribution in [2.75, 3.05) is 24.8 Å². The van der Waals surface area contributed by atoms with Crippen LogP contribution >= 0.6 is 0 Å². The van der Waals surface area contributed by atoms with E-state index < -0.39 is 11.6 Å². The first-order valence-electron chi connectivity index (χ1n) is 5.08. The fourth-order valence-corrected chi connectivity index (χ4v) is 1.25. The summed E-state index contributed by atoms with van der Waals surface area (Å²) >= 11 is 0. The molecule has 0 aromatic heterocycles. The molecule has 0 unspecified atom stereocenters. The monoisotopic (exact) mass is 244 g/mol. The Morgan fingerprint density at radius 1 is 1.41 bits per heavy atom. The quantitative estimate of drug-likeness (QED) is 0.614. The molecule has 1 amide bonds. The van der Waals surface area contributed by atoms with Crippen LogP contribution in [0.2, 0.25) is 0 Å². The molecule has 0 heterocycles. The number of nitrogens with one attached hydrogen (secondary N) is 1. The van der Waals surface area contributed by atoms with Crippen molar-refractivity contribution in [2.45, 2.75) is 12.8 Å². The van der Waals surface area contributed by atoms with Gasteiger partial charge in [0.15, 0.2) is 0 Å². The van der Waals surface area contributed by atoms with Gasteiger partial charge in [0.1, 0.15) is 11.6 Å². The van der Waals surface area contributed by atoms with Gasteiger partial charge in [-0.05, 0) is 12.5 Å².